The molecule has 33 heavy (non-hydrogen) atoms. The number of benzene rings is 2. The number of nitrogens with zero attached hydrogens (tertiary/aromatic N) is 3. The van der Waals surface area contributed by atoms with Crippen molar-refractivity contribution in [3.8, 4) is 17.2 Å². The molecule has 6 nitrogen and oxygen atoms in total. The first-order valence-corrected chi connectivity index (χ1v) is 10.8. The highest BCUT2D eigenvalue weighted by Gasteiger charge is 2.37. The molecule has 4 rings (SSSR count). The molecule has 0 spiro atoms. The van der Waals surface area contributed by atoms with Gasteiger partial charge in [0.15, 0.2) is 5.82 Å². The number of halogens is 3. The third-order valence-corrected chi connectivity index (χ3v) is 5.57. The maximum Gasteiger partial charge on any atom is 0.416 e. The first-order valence-electron chi connectivity index (χ1n) is 10.8. The van der Waals surface area contributed by atoms with E-state index in [1.807, 2.05) is 24.3 Å². The number of likely N-dealkylation sites (tertiary alicyclic amines) is 1. The molecule has 1 aliphatic heterocycles. The smallest absolute Gasteiger partial charge is 0.416 e. The molecule has 3 aromatic rings. The van der Waals surface area contributed by atoms with E-state index >= 15 is 0 Å². The van der Waals surface area contributed by atoms with Gasteiger partial charge in [-0.05, 0) is 42.3 Å². The van der Waals surface area contributed by atoms with E-state index in [4.69, 9.17) is 9.26 Å². The number of hydrogen-bond acceptors (Lipinski definition) is 5. The minimum absolute atomic E-state index is 0.0639. The second-order valence-electron chi connectivity index (χ2n) is 8.01. The number of ether oxygens (including phenoxy) is 1. The van der Waals surface area contributed by atoms with Crippen LogP contribution in [0.25, 0.3) is 11.5 Å². The highest BCUT2D eigenvalue weighted by atomic mass is 19.4. The SMILES string of the molecule is CCCCOc1ccc(-c2nc(C3CC(=O)N(Cc4ccccc4C(F)(F)F)C3)no2)cc1. The first kappa shape index (κ1) is 22.8. The number of unbranched alkanes of at least 4 members (excludes halogenated alkanes) is 1. The molecule has 1 fully saturated rings. The van der Waals surface area contributed by atoms with Crippen molar-refractivity contribution >= 4 is 5.91 Å². The fraction of sp³-hybridized carbons (Fsp3) is 0.375. The maximum atomic E-state index is 13.3. The second-order valence-corrected chi connectivity index (χ2v) is 8.01. The van der Waals surface area contributed by atoms with Gasteiger partial charge in [-0.15, -0.1) is 0 Å². The number of hydrogen-bond donors (Lipinski definition) is 0. The zero-order chi connectivity index (χ0) is 23.4. The minimum Gasteiger partial charge on any atom is -0.494 e. The second kappa shape index (κ2) is 9.64. The summed E-state index contributed by atoms with van der Waals surface area (Å²) in [6.45, 7) is 2.86. The van der Waals surface area contributed by atoms with Crippen molar-refractivity contribution in [2.45, 2.75) is 44.8 Å². The van der Waals surface area contributed by atoms with Crippen molar-refractivity contribution in [3.05, 3.63) is 65.5 Å². The van der Waals surface area contributed by atoms with Gasteiger partial charge >= 0.3 is 6.18 Å². The van der Waals surface area contributed by atoms with Gasteiger partial charge in [0.25, 0.3) is 5.89 Å². The van der Waals surface area contributed by atoms with Crippen LogP contribution < -0.4 is 4.74 Å². The molecule has 1 aliphatic rings. The van der Waals surface area contributed by atoms with Gasteiger partial charge in [0.1, 0.15) is 5.75 Å². The van der Waals surface area contributed by atoms with Crippen LogP contribution in [0, 0.1) is 0 Å². The van der Waals surface area contributed by atoms with Gasteiger partial charge in [0, 0.05) is 31.0 Å². The van der Waals surface area contributed by atoms with Crippen molar-refractivity contribution in [2.24, 2.45) is 0 Å². The normalized spacial score (nSPS) is 16.4. The monoisotopic (exact) mass is 459 g/mol. The summed E-state index contributed by atoms with van der Waals surface area (Å²) in [6.07, 6.45) is -2.32. The fourth-order valence-corrected chi connectivity index (χ4v) is 3.78. The lowest BCUT2D eigenvalue weighted by atomic mass is 10.1. The quantitative estimate of drug-likeness (QED) is 0.419. The standard InChI is InChI=1S/C24H24F3N3O3/c1-2-3-12-32-19-10-8-16(9-11-19)23-28-22(29-33-23)18-13-21(31)30(15-18)14-17-6-4-5-7-20(17)24(25,26)27/h4-11,18H,2-3,12-15H2,1H3. The van der Waals surface area contributed by atoms with Crippen LogP contribution in [0.5, 0.6) is 5.75 Å². The van der Waals surface area contributed by atoms with E-state index in [1.165, 1.54) is 23.1 Å². The minimum atomic E-state index is -4.47. The summed E-state index contributed by atoms with van der Waals surface area (Å²) in [5.41, 5.74) is 0.0520. The Balaban J connectivity index is 1.42. The van der Waals surface area contributed by atoms with E-state index in [-0.39, 0.29) is 36.9 Å². The molecule has 1 unspecified atom stereocenters. The molecule has 1 saturated heterocycles. The van der Waals surface area contributed by atoms with Crippen LogP contribution in [0.3, 0.4) is 0 Å². The number of carbonyl (C=O) groups is 1. The predicted octanol–water partition coefficient (Wildman–Crippen LogP) is 5.45. The molecule has 0 radical (unpaired) electrons. The third kappa shape index (κ3) is 5.35. The molecule has 1 amide bonds. The largest absolute Gasteiger partial charge is 0.494 e. The van der Waals surface area contributed by atoms with Crippen molar-refractivity contribution in [3.63, 3.8) is 0 Å². The summed E-state index contributed by atoms with van der Waals surface area (Å²) in [6, 6.07) is 12.6. The van der Waals surface area contributed by atoms with Crippen molar-refractivity contribution < 1.29 is 27.2 Å². The Morgan fingerprint density at radius 1 is 1.15 bits per heavy atom. The molecule has 1 aromatic heterocycles. The predicted molar refractivity (Wildman–Crippen MR) is 114 cm³/mol. The Kier molecular flexibility index (Phi) is 6.67. The van der Waals surface area contributed by atoms with Gasteiger partial charge in [-0.3, -0.25) is 4.79 Å². The zero-order valence-electron chi connectivity index (χ0n) is 18.1. The lowest BCUT2D eigenvalue weighted by Crippen LogP contribution is -2.26. The van der Waals surface area contributed by atoms with Gasteiger partial charge in [-0.2, -0.15) is 18.2 Å². The highest BCUT2D eigenvalue weighted by Crippen LogP contribution is 2.34. The Hall–Kier alpha value is -3.36. The molecule has 174 valence electrons. The van der Waals surface area contributed by atoms with E-state index < -0.39 is 11.7 Å². The van der Waals surface area contributed by atoms with Crippen molar-refractivity contribution in [1.29, 1.82) is 0 Å². The van der Waals surface area contributed by atoms with Gasteiger partial charge in [0.2, 0.25) is 5.91 Å². The molecular weight excluding hydrogens is 435 g/mol. The first-order chi connectivity index (χ1) is 15.8. The van der Waals surface area contributed by atoms with E-state index in [9.17, 15) is 18.0 Å². The van der Waals surface area contributed by atoms with E-state index in [2.05, 4.69) is 17.1 Å². The highest BCUT2D eigenvalue weighted by molar-refractivity contribution is 5.79. The molecule has 2 aromatic carbocycles. The van der Waals surface area contributed by atoms with Crippen LogP contribution in [-0.2, 0) is 17.5 Å². The topological polar surface area (TPSA) is 68.5 Å². The summed E-state index contributed by atoms with van der Waals surface area (Å²) in [7, 11) is 0. The maximum absolute atomic E-state index is 13.3. The fourth-order valence-electron chi connectivity index (χ4n) is 3.78. The average Bonchev–Trinajstić information content (AvgIpc) is 3.41. The number of aromatic nitrogens is 2. The van der Waals surface area contributed by atoms with Crippen LogP contribution in [0.15, 0.2) is 53.1 Å². The number of carbonyl (C=O) groups excluding carboxylic acids is 1. The summed E-state index contributed by atoms with van der Waals surface area (Å²) in [4.78, 5) is 18.3. The summed E-state index contributed by atoms with van der Waals surface area (Å²) < 4.78 is 50.9. The van der Waals surface area contributed by atoms with Crippen molar-refractivity contribution in [2.75, 3.05) is 13.2 Å². The lowest BCUT2D eigenvalue weighted by Gasteiger charge is -2.19. The summed E-state index contributed by atoms with van der Waals surface area (Å²) in [5.74, 6) is 0.858. The number of rotatable bonds is 8. The molecular formula is C24H24F3N3O3. The summed E-state index contributed by atoms with van der Waals surface area (Å²) in [5, 5.41) is 4.01. The Morgan fingerprint density at radius 2 is 1.91 bits per heavy atom. The van der Waals surface area contributed by atoms with Gasteiger partial charge in [-0.1, -0.05) is 36.7 Å². The van der Waals surface area contributed by atoms with Crippen LogP contribution in [-0.4, -0.2) is 34.1 Å². The number of amides is 1. The molecule has 0 saturated carbocycles. The third-order valence-electron chi connectivity index (χ3n) is 5.57. The molecule has 0 aliphatic carbocycles. The van der Waals surface area contributed by atoms with Crippen LogP contribution in [0.4, 0.5) is 13.2 Å². The molecule has 0 N–H and O–H groups in total. The molecule has 1 atom stereocenters. The van der Waals surface area contributed by atoms with E-state index in [1.54, 1.807) is 0 Å². The number of alkyl halides is 3. The van der Waals surface area contributed by atoms with E-state index in [0.29, 0.717) is 18.3 Å². The molecule has 9 heteroatoms. The molecule has 2 heterocycles. The lowest BCUT2D eigenvalue weighted by molar-refractivity contribution is -0.139. The van der Waals surface area contributed by atoms with Crippen LogP contribution >= 0.6 is 0 Å². The molecule has 0 bridgehead atoms. The van der Waals surface area contributed by atoms with Crippen LogP contribution in [0.2, 0.25) is 0 Å². The Bertz CT molecular complexity index is 1100. The summed E-state index contributed by atoms with van der Waals surface area (Å²) >= 11 is 0. The average molecular weight is 459 g/mol. The van der Waals surface area contributed by atoms with Gasteiger partial charge in [0.05, 0.1) is 12.2 Å². The van der Waals surface area contributed by atoms with Crippen LogP contribution in [0.1, 0.15) is 49.1 Å². The van der Waals surface area contributed by atoms with E-state index in [0.717, 1.165) is 30.2 Å². The van der Waals surface area contributed by atoms with Gasteiger partial charge < -0.3 is 14.2 Å². The van der Waals surface area contributed by atoms with Crippen molar-refractivity contribution in [1.82, 2.24) is 15.0 Å². The van der Waals surface area contributed by atoms with Gasteiger partial charge in [-0.25, -0.2) is 0 Å². The Morgan fingerprint density at radius 3 is 2.64 bits per heavy atom. The zero-order valence-corrected chi connectivity index (χ0v) is 18.1. The Labute approximate surface area is 189 Å².